The van der Waals surface area contributed by atoms with Crippen molar-refractivity contribution in [3.05, 3.63) is 88.2 Å². The molecule has 3 amide bonds. The SMILES string of the molecule is COc1cc(N2CCN(C(CN)c3ccc(COc4cccc5c4CN([C@H]4CCC(=O)NC4=O)C5=O)c(F)c3)CC2)ccc1C#N. The first kappa shape index (κ1) is 31.0. The van der Waals surface area contributed by atoms with Crippen molar-refractivity contribution in [2.24, 2.45) is 5.73 Å². The van der Waals surface area contributed by atoms with E-state index in [0.717, 1.165) is 37.4 Å². The first-order valence-corrected chi connectivity index (χ1v) is 15.3. The van der Waals surface area contributed by atoms with Crippen molar-refractivity contribution >= 4 is 23.4 Å². The standard InChI is InChI=1S/C34H35FN6O5/c1-45-31-16-24(8-7-22(31)17-36)39-11-13-40(14-12-39)29(18-37)21-5-6-23(27(35)15-21)20-46-30-4-2-3-25-26(30)19-41(34(25)44)28-9-10-32(42)38-33(28)43/h2-8,15-16,28-29H,9-14,18-20,37H2,1H3,(H,38,42,43)/t28-,29?/m0/s1. The number of ether oxygens (including phenoxy) is 2. The van der Waals surface area contributed by atoms with Gasteiger partial charge >= 0.3 is 0 Å². The third kappa shape index (κ3) is 5.99. The summed E-state index contributed by atoms with van der Waals surface area (Å²) < 4.78 is 26.8. The summed E-state index contributed by atoms with van der Waals surface area (Å²) in [7, 11) is 1.55. The highest BCUT2D eigenvalue weighted by atomic mass is 19.1. The lowest BCUT2D eigenvalue weighted by atomic mass is 10.0. The molecular formula is C34H35FN6O5. The van der Waals surface area contributed by atoms with Gasteiger partial charge in [-0.1, -0.05) is 18.2 Å². The maximum Gasteiger partial charge on any atom is 0.255 e. The number of piperidine rings is 1. The second-order valence-corrected chi connectivity index (χ2v) is 11.6. The average molecular weight is 627 g/mol. The number of amides is 3. The number of nitriles is 1. The van der Waals surface area contributed by atoms with Crippen LogP contribution in [0.3, 0.4) is 0 Å². The molecule has 3 aliphatic heterocycles. The highest BCUT2D eigenvalue weighted by Gasteiger charge is 2.40. The molecule has 0 spiro atoms. The minimum Gasteiger partial charge on any atom is -0.495 e. The molecule has 3 aromatic carbocycles. The fourth-order valence-electron chi connectivity index (χ4n) is 6.49. The summed E-state index contributed by atoms with van der Waals surface area (Å²) in [4.78, 5) is 43.0. The number of carbonyl (C=O) groups excluding carboxylic acids is 3. The van der Waals surface area contributed by atoms with E-state index < -0.39 is 17.8 Å². The number of hydrogen-bond donors (Lipinski definition) is 2. The number of methoxy groups -OCH3 is 1. The zero-order valence-corrected chi connectivity index (χ0v) is 25.5. The topological polar surface area (TPSA) is 141 Å². The van der Waals surface area contributed by atoms with E-state index in [1.165, 1.54) is 11.0 Å². The van der Waals surface area contributed by atoms with Crippen LogP contribution in [0.5, 0.6) is 11.5 Å². The molecule has 2 fully saturated rings. The lowest BCUT2D eigenvalue weighted by Gasteiger charge is -2.40. The van der Waals surface area contributed by atoms with Gasteiger partial charge in [0.2, 0.25) is 11.8 Å². The van der Waals surface area contributed by atoms with Crippen molar-refractivity contribution in [3.63, 3.8) is 0 Å². The van der Waals surface area contributed by atoms with Crippen molar-refractivity contribution in [2.75, 3.05) is 44.7 Å². The minimum atomic E-state index is -0.728. The molecular weight excluding hydrogens is 591 g/mol. The number of anilines is 1. The van der Waals surface area contributed by atoms with Gasteiger partial charge in [0.15, 0.2) is 0 Å². The molecule has 12 heteroatoms. The Hall–Kier alpha value is -4.99. The van der Waals surface area contributed by atoms with Gasteiger partial charge in [-0.15, -0.1) is 0 Å². The average Bonchev–Trinajstić information content (AvgIpc) is 3.41. The third-order valence-electron chi connectivity index (χ3n) is 9.03. The number of benzene rings is 3. The maximum absolute atomic E-state index is 15.4. The zero-order valence-electron chi connectivity index (χ0n) is 25.5. The number of carbonyl (C=O) groups is 3. The zero-order chi connectivity index (χ0) is 32.4. The van der Waals surface area contributed by atoms with Gasteiger partial charge in [-0.05, 0) is 42.3 Å². The highest BCUT2D eigenvalue weighted by Crippen LogP contribution is 2.34. The molecule has 3 N–H and O–H groups in total. The Morgan fingerprint density at radius 1 is 1.07 bits per heavy atom. The minimum absolute atomic E-state index is 0.0464. The molecule has 238 valence electrons. The van der Waals surface area contributed by atoms with E-state index in [0.29, 0.717) is 40.3 Å². The summed E-state index contributed by atoms with van der Waals surface area (Å²) in [6.07, 6.45) is 0.439. The van der Waals surface area contributed by atoms with E-state index in [4.69, 9.17) is 15.2 Å². The van der Waals surface area contributed by atoms with E-state index >= 15 is 4.39 Å². The number of nitrogens with one attached hydrogen (secondary N) is 1. The fraction of sp³-hybridized carbons (Fsp3) is 0.353. The van der Waals surface area contributed by atoms with Crippen LogP contribution in [0.4, 0.5) is 10.1 Å². The Labute approximate surface area is 266 Å². The van der Waals surface area contributed by atoms with Crippen LogP contribution in [0.15, 0.2) is 54.6 Å². The Balaban J connectivity index is 1.09. The summed E-state index contributed by atoms with van der Waals surface area (Å²) in [6.45, 7) is 3.38. The molecule has 3 heterocycles. The molecule has 2 saturated heterocycles. The smallest absolute Gasteiger partial charge is 0.255 e. The van der Waals surface area contributed by atoms with Crippen LogP contribution in [-0.2, 0) is 22.7 Å². The predicted molar refractivity (Wildman–Crippen MR) is 167 cm³/mol. The van der Waals surface area contributed by atoms with Gasteiger partial charge in [0.25, 0.3) is 5.91 Å². The van der Waals surface area contributed by atoms with E-state index in [-0.39, 0.29) is 43.8 Å². The number of rotatable bonds is 9. The van der Waals surface area contributed by atoms with Gasteiger partial charge in [-0.25, -0.2) is 4.39 Å². The summed E-state index contributed by atoms with van der Waals surface area (Å²) in [5, 5.41) is 11.6. The second-order valence-electron chi connectivity index (χ2n) is 11.6. The Bertz CT molecular complexity index is 1720. The van der Waals surface area contributed by atoms with Gasteiger partial charge in [0.1, 0.15) is 36.0 Å². The number of nitrogens with two attached hydrogens (primary N) is 1. The van der Waals surface area contributed by atoms with Crippen LogP contribution in [-0.4, -0.2) is 73.4 Å². The number of nitrogens with zero attached hydrogens (tertiary/aromatic N) is 4. The van der Waals surface area contributed by atoms with E-state index in [1.54, 1.807) is 37.4 Å². The molecule has 6 rings (SSSR count). The number of imide groups is 1. The van der Waals surface area contributed by atoms with E-state index in [2.05, 4.69) is 21.2 Å². The summed E-state index contributed by atoms with van der Waals surface area (Å²) >= 11 is 0. The fourth-order valence-corrected chi connectivity index (χ4v) is 6.49. The Kier molecular flexibility index (Phi) is 8.87. The number of halogens is 1. The summed E-state index contributed by atoms with van der Waals surface area (Å²) in [6, 6.07) is 17.0. The van der Waals surface area contributed by atoms with Crippen LogP contribution in [0, 0.1) is 17.1 Å². The van der Waals surface area contributed by atoms with Crippen molar-refractivity contribution in [1.82, 2.24) is 15.1 Å². The molecule has 1 unspecified atom stereocenters. The second kappa shape index (κ2) is 13.2. The number of hydrogen-bond acceptors (Lipinski definition) is 9. The highest BCUT2D eigenvalue weighted by molar-refractivity contribution is 6.05. The molecule has 11 nitrogen and oxygen atoms in total. The normalized spacial score (nSPS) is 19.0. The number of piperazine rings is 1. The lowest BCUT2D eigenvalue weighted by molar-refractivity contribution is -0.136. The van der Waals surface area contributed by atoms with Crippen molar-refractivity contribution in [3.8, 4) is 17.6 Å². The number of fused-ring (bicyclic) bond motifs is 1. The molecule has 0 bridgehead atoms. The summed E-state index contributed by atoms with van der Waals surface area (Å²) in [5.74, 6) is -0.540. The lowest BCUT2D eigenvalue weighted by Crippen LogP contribution is -2.52. The van der Waals surface area contributed by atoms with Crippen molar-refractivity contribution in [2.45, 2.75) is 38.1 Å². The molecule has 2 atom stereocenters. The van der Waals surface area contributed by atoms with Crippen LogP contribution in [0.1, 0.15) is 51.5 Å². The Morgan fingerprint density at radius 2 is 1.87 bits per heavy atom. The first-order valence-electron chi connectivity index (χ1n) is 15.3. The largest absolute Gasteiger partial charge is 0.495 e. The molecule has 0 radical (unpaired) electrons. The van der Waals surface area contributed by atoms with Crippen LogP contribution in [0.2, 0.25) is 0 Å². The maximum atomic E-state index is 15.4. The van der Waals surface area contributed by atoms with Crippen molar-refractivity contribution in [1.29, 1.82) is 5.26 Å². The molecule has 3 aromatic rings. The van der Waals surface area contributed by atoms with E-state index in [1.807, 2.05) is 18.2 Å². The quantitative estimate of drug-likeness (QED) is 0.343. The van der Waals surface area contributed by atoms with Crippen LogP contribution < -0.4 is 25.4 Å². The third-order valence-corrected chi connectivity index (χ3v) is 9.03. The van der Waals surface area contributed by atoms with Gasteiger partial charge in [0, 0.05) is 73.6 Å². The van der Waals surface area contributed by atoms with Gasteiger partial charge in [-0.2, -0.15) is 5.26 Å². The molecule has 0 aliphatic carbocycles. The monoisotopic (exact) mass is 626 g/mol. The first-order chi connectivity index (χ1) is 22.3. The van der Waals surface area contributed by atoms with E-state index in [9.17, 15) is 19.6 Å². The van der Waals surface area contributed by atoms with Crippen molar-refractivity contribution < 1.29 is 28.2 Å². The Morgan fingerprint density at radius 3 is 2.57 bits per heavy atom. The predicted octanol–water partition coefficient (Wildman–Crippen LogP) is 2.87. The summed E-state index contributed by atoms with van der Waals surface area (Å²) in [5.41, 5.74) is 9.88. The van der Waals surface area contributed by atoms with Gasteiger partial charge < -0.3 is 25.0 Å². The molecule has 46 heavy (non-hydrogen) atoms. The molecule has 0 saturated carbocycles. The van der Waals surface area contributed by atoms with Crippen LogP contribution >= 0.6 is 0 Å². The van der Waals surface area contributed by atoms with Gasteiger partial charge in [0.05, 0.1) is 19.2 Å². The molecule has 3 aliphatic rings. The molecule has 0 aromatic heterocycles. The van der Waals surface area contributed by atoms with Gasteiger partial charge in [-0.3, -0.25) is 24.6 Å². The van der Waals surface area contributed by atoms with Crippen LogP contribution in [0.25, 0.3) is 0 Å².